The number of benzene rings is 6. The lowest BCUT2D eigenvalue weighted by Crippen LogP contribution is -2.21. The molecule has 0 aliphatic rings. The van der Waals surface area contributed by atoms with E-state index in [2.05, 4.69) is 20.0 Å². The van der Waals surface area contributed by atoms with Gasteiger partial charge in [0.05, 0.1) is 19.4 Å². The van der Waals surface area contributed by atoms with Crippen LogP contribution in [0.3, 0.4) is 0 Å². The third-order valence-corrected chi connectivity index (χ3v) is 10.8. The molecule has 0 bridgehead atoms. The van der Waals surface area contributed by atoms with E-state index in [0.29, 0.717) is 46.3 Å². The predicted molar refractivity (Wildman–Crippen MR) is 246 cm³/mol. The molecule has 0 spiro atoms. The highest BCUT2D eigenvalue weighted by Crippen LogP contribution is 2.32. The molecule has 66 heavy (non-hydrogen) atoms. The van der Waals surface area contributed by atoms with Crippen LogP contribution in [0.2, 0.25) is 0 Å². The Labute approximate surface area is 380 Å². The molecule has 0 aliphatic heterocycles. The number of hydrogen-bond donors (Lipinski definition) is 4. The van der Waals surface area contributed by atoms with E-state index in [9.17, 15) is 19.8 Å². The minimum Gasteiger partial charge on any atom is -0.461 e. The van der Waals surface area contributed by atoms with Gasteiger partial charge in [0.1, 0.15) is 36.5 Å². The maximum Gasteiger partial charge on any atom is 0.306 e. The van der Waals surface area contributed by atoms with Gasteiger partial charge in [-0.3, -0.25) is 9.59 Å². The van der Waals surface area contributed by atoms with Crippen LogP contribution < -0.4 is 5.73 Å². The van der Waals surface area contributed by atoms with E-state index in [1.54, 1.807) is 60.7 Å². The number of oxazole rings is 2. The first kappa shape index (κ1) is 45.9. The molecular formula is C52H47N5O9. The lowest BCUT2D eigenvalue weighted by Gasteiger charge is -2.20. The second kappa shape index (κ2) is 22.5. The van der Waals surface area contributed by atoms with Gasteiger partial charge in [0.25, 0.3) is 0 Å². The van der Waals surface area contributed by atoms with Crippen LogP contribution in [0, 0.1) is 18.4 Å². The van der Waals surface area contributed by atoms with Crippen molar-refractivity contribution in [3.05, 3.63) is 209 Å². The van der Waals surface area contributed by atoms with Gasteiger partial charge in [-0.1, -0.05) is 144 Å². The second-order valence-corrected chi connectivity index (χ2v) is 15.5. The summed E-state index contributed by atoms with van der Waals surface area (Å²) in [6, 6.07) is 47.4. The summed E-state index contributed by atoms with van der Waals surface area (Å²) < 4.78 is 22.4. The van der Waals surface area contributed by atoms with E-state index in [-0.39, 0.29) is 43.7 Å². The number of rotatable bonds is 17. The van der Waals surface area contributed by atoms with Crippen LogP contribution in [0.15, 0.2) is 172 Å². The van der Waals surface area contributed by atoms with E-state index >= 15 is 0 Å². The number of aliphatic hydroxyl groups is 2. The first-order valence-electron chi connectivity index (χ1n) is 21.1. The average Bonchev–Trinajstić information content (AvgIpc) is 4.01. The Morgan fingerprint density at radius 1 is 0.591 bits per heavy atom. The van der Waals surface area contributed by atoms with Crippen molar-refractivity contribution in [2.45, 2.75) is 51.1 Å². The smallest absolute Gasteiger partial charge is 0.306 e. The van der Waals surface area contributed by atoms with Crippen LogP contribution in [0.25, 0.3) is 27.0 Å². The van der Waals surface area contributed by atoms with Gasteiger partial charge in [0, 0.05) is 17.4 Å². The summed E-state index contributed by atoms with van der Waals surface area (Å²) in [5, 5.41) is 34.0. The monoisotopic (exact) mass is 885 g/mol. The number of fused-ring (bicyclic) bond motifs is 2. The summed E-state index contributed by atoms with van der Waals surface area (Å²) in [6.07, 6.45) is -1.49. The molecule has 14 nitrogen and oxygen atoms in total. The van der Waals surface area contributed by atoms with E-state index < -0.39 is 36.0 Å². The normalized spacial score (nSPS) is 13.1. The van der Waals surface area contributed by atoms with Gasteiger partial charge in [-0.15, -0.1) is 0 Å². The first-order valence-corrected chi connectivity index (χ1v) is 21.1. The van der Waals surface area contributed by atoms with Gasteiger partial charge >= 0.3 is 11.9 Å². The molecule has 14 heteroatoms. The Morgan fingerprint density at radius 3 is 1.41 bits per heavy atom. The molecule has 0 aliphatic carbocycles. The second-order valence-electron chi connectivity index (χ2n) is 15.5. The summed E-state index contributed by atoms with van der Waals surface area (Å²) in [6.45, 7) is 7.43. The lowest BCUT2D eigenvalue weighted by molar-refractivity contribution is -0.148. The third kappa shape index (κ3) is 12.5. The number of oxime groups is 1. The van der Waals surface area contributed by atoms with Crippen LogP contribution in [0.1, 0.15) is 64.6 Å². The Bertz CT molecular complexity index is 2830. The highest BCUT2D eigenvalue weighted by atomic mass is 16.5. The maximum absolute atomic E-state index is 12.7. The van der Waals surface area contributed by atoms with E-state index in [4.69, 9.17) is 35.8 Å². The van der Waals surface area contributed by atoms with Crippen molar-refractivity contribution < 1.29 is 43.3 Å². The fourth-order valence-electron chi connectivity index (χ4n) is 7.23. The molecule has 2 heterocycles. The van der Waals surface area contributed by atoms with Gasteiger partial charge in [-0.05, 0) is 53.8 Å². The first-order chi connectivity index (χ1) is 32.1. The molecule has 0 amide bonds. The van der Waals surface area contributed by atoms with Crippen molar-refractivity contribution in [2.24, 2.45) is 22.7 Å². The molecule has 6 aromatic carbocycles. The fourth-order valence-corrected chi connectivity index (χ4v) is 7.23. The van der Waals surface area contributed by atoms with Gasteiger partial charge in [-0.25, -0.2) is 14.8 Å². The predicted octanol–water partition coefficient (Wildman–Crippen LogP) is 9.35. The number of amidine groups is 1. The van der Waals surface area contributed by atoms with E-state index in [1.807, 2.05) is 97.1 Å². The Morgan fingerprint density at radius 2 is 1.00 bits per heavy atom. The molecule has 2 aromatic heterocycles. The van der Waals surface area contributed by atoms with Crippen molar-refractivity contribution in [3.8, 4) is 0 Å². The third-order valence-electron chi connectivity index (χ3n) is 10.8. The summed E-state index contributed by atoms with van der Waals surface area (Å²) >= 11 is 0. The number of ether oxygens (including phenoxy) is 2. The Balaban J connectivity index is 0.000000197. The summed E-state index contributed by atoms with van der Waals surface area (Å²) in [4.78, 5) is 37.5. The molecule has 4 atom stereocenters. The van der Waals surface area contributed by atoms with Gasteiger partial charge in [-0.2, -0.15) is 0 Å². The van der Waals surface area contributed by atoms with Crippen LogP contribution in [0.4, 0.5) is 5.69 Å². The van der Waals surface area contributed by atoms with Gasteiger partial charge < -0.3 is 39.5 Å². The maximum atomic E-state index is 12.7. The molecule has 8 rings (SSSR count). The van der Waals surface area contributed by atoms with Crippen molar-refractivity contribution in [1.29, 1.82) is 0 Å². The number of carbonyl (C=O) groups is 2. The number of carbonyl (C=O) groups excluding carboxylic acids is 2. The van der Waals surface area contributed by atoms with Crippen molar-refractivity contribution in [1.82, 2.24) is 9.97 Å². The fraction of sp³-hybridized carbons (Fsp3) is 0.192. The Kier molecular flexibility index (Phi) is 15.6. The number of nitrogens with zero attached hydrogens (tertiary/aromatic N) is 4. The van der Waals surface area contributed by atoms with Gasteiger partial charge in [0.15, 0.2) is 22.7 Å². The summed E-state index contributed by atoms with van der Waals surface area (Å²) in [5.74, 6) is -1.58. The van der Waals surface area contributed by atoms with Crippen LogP contribution >= 0.6 is 0 Å². The highest BCUT2D eigenvalue weighted by Gasteiger charge is 2.30. The average molecular weight is 886 g/mol. The molecule has 2 unspecified atom stereocenters. The molecule has 0 saturated heterocycles. The molecular weight excluding hydrogens is 839 g/mol. The van der Waals surface area contributed by atoms with Crippen molar-refractivity contribution in [2.75, 3.05) is 0 Å². The van der Waals surface area contributed by atoms with Crippen LogP contribution in [-0.2, 0) is 45.1 Å². The van der Waals surface area contributed by atoms with Gasteiger partial charge in [0.2, 0.25) is 11.8 Å². The minimum atomic E-state index is -1.12. The molecule has 5 N–H and O–H groups in total. The summed E-state index contributed by atoms with van der Waals surface area (Å²) in [7, 11) is 0. The Hall–Kier alpha value is -8.12. The zero-order valence-electron chi connectivity index (χ0n) is 35.7. The number of esters is 2. The molecule has 334 valence electrons. The zero-order chi connectivity index (χ0) is 46.3. The largest absolute Gasteiger partial charge is 0.461 e. The van der Waals surface area contributed by atoms with Crippen molar-refractivity contribution in [3.63, 3.8) is 0 Å². The zero-order valence-corrected chi connectivity index (χ0v) is 35.7. The molecule has 8 aromatic rings. The number of hydrogen-bond acceptors (Lipinski definition) is 12. The van der Waals surface area contributed by atoms with Crippen LogP contribution in [0.5, 0.6) is 0 Å². The highest BCUT2D eigenvalue weighted by molar-refractivity contribution is 5.97. The quantitative estimate of drug-likeness (QED) is 0.0168. The topological polar surface area (TPSA) is 208 Å². The number of nitrogens with two attached hydrogens (primary N) is 1. The van der Waals surface area contributed by atoms with Crippen LogP contribution in [-0.4, -0.2) is 43.2 Å². The molecule has 0 saturated carbocycles. The van der Waals surface area contributed by atoms with Crippen molar-refractivity contribution >= 4 is 45.7 Å². The molecule has 0 radical (unpaired) electrons. The lowest BCUT2D eigenvalue weighted by atomic mass is 9.90. The standard InChI is InChI=1S/C26H25N3O5.C26H22N2O4/c27-25(29-32)19-12-10-17(11-13-19)14-20(15-23(30)33-16-18-6-2-1-3-7-18)24(31)26-28-21-8-4-5-9-22(21)34-26;1-27-21-13-11-18(12-14-21)15-20(16-24(29)31-17-19-7-3-2-4-8-19)25(30)26-28-22-9-5-6-10-23(22)32-26/h1-13,20,24,31-32H,14-16H2,(H2,27,29);2-14,20,25,30H,15-17H2/t20-,24?;20-,25?/m11/s1. The van der Waals surface area contributed by atoms with E-state index in [1.165, 1.54) is 0 Å². The SMILES string of the molecule is NC(=NO)c1ccc(C[C@H](CC(=O)OCc2ccccc2)C(O)c2nc3ccccc3o2)cc1.[C-]#[N+]c1ccc(C[C@H](CC(=O)OCc2ccccc2)C(O)c2nc3ccccc3o2)cc1. The minimum absolute atomic E-state index is 0.000833. The number of para-hydroxylation sites is 4. The number of aliphatic hydroxyl groups excluding tert-OH is 2. The summed E-state index contributed by atoms with van der Waals surface area (Å²) in [5.41, 5.74) is 12.7. The van der Waals surface area contributed by atoms with E-state index in [0.717, 1.165) is 22.3 Å². The molecule has 0 fully saturated rings. The number of aromatic nitrogens is 2.